The van der Waals surface area contributed by atoms with Crippen LogP contribution >= 0.6 is 15.9 Å². The van der Waals surface area contributed by atoms with Gasteiger partial charge >= 0.3 is 0 Å². The molecular formula is C20H22BrFN2O3. The highest BCUT2D eigenvalue weighted by Crippen LogP contribution is 2.11. The number of hydrogen-bond donors (Lipinski definition) is 2. The van der Waals surface area contributed by atoms with Gasteiger partial charge in [0.15, 0.2) is 0 Å². The first-order valence-corrected chi connectivity index (χ1v) is 9.53. The maximum atomic E-state index is 12.8. The quantitative estimate of drug-likeness (QED) is 0.558. The molecule has 0 radical (unpaired) electrons. The lowest BCUT2D eigenvalue weighted by Gasteiger charge is -2.08. The number of halogens is 2. The van der Waals surface area contributed by atoms with Gasteiger partial charge < -0.3 is 15.4 Å². The highest BCUT2D eigenvalue weighted by molar-refractivity contribution is 9.10. The fourth-order valence-electron chi connectivity index (χ4n) is 2.26. The van der Waals surface area contributed by atoms with Gasteiger partial charge in [0.1, 0.15) is 11.6 Å². The second-order valence-electron chi connectivity index (χ2n) is 5.87. The van der Waals surface area contributed by atoms with Crippen LogP contribution in [0.4, 0.5) is 4.39 Å². The zero-order chi connectivity index (χ0) is 19.5. The van der Waals surface area contributed by atoms with E-state index in [1.165, 1.54) is 12.1 Å². The van der Waals surface area contributed by atoms with E-state index in [9.17, 15) is 14.0 Å². The molecule has 7 heteroatoms. The number of amides is 2. The molecular weight excluding hydrogens is 415 g/mol. The predicted molar refractivity (Wildman–Crippen MR) is 105 cm³/mol. The first-order chi connectivity index (χ1) is 13.0. The summed E-state index contributed by atoms with van der Waals surface area (Å²) in [7, 11) is 0. The lowest BCUT2D eigenvalue weighted by molar-refractivity contribution is -0.121. The largest absolute Gasteiger partial charge is 0.494 e. The highest BCUT2D eigenvalue weighted by atomic mass is 79.9. The van der Waals surface area contributed by atoms with Crippen LogP contribution in [0.3, 0.4) is 0 Å². The molecule has 5 nitrogen and oxygen atoms in total. The molecule has 0 heterocycles. The van der Waals surface area contributed by atoms with E-state index in [1.807, 2.05) is 12.1 Å². The van der Waals surface area contributed by atoms with Gasteiger partial charge in [0.05, 0.1) is 6.61 Å². The minimum Gasteiger partial charge on any atom is -0.494 e. The van der Waals surface area contributed by atoms with E-state index in [2.05, 4.69) is 26.6 Å². The van der Waals surface area contributed by atoms with E-state index in [1.54, 1.807) is 24.3 Å². The number of rotatable bonds is 10. The van der Waals surface area contributed by atoms with Gasteiger partial charge in [-0.1, -0.05) is 15.9 Å². The molecule has 0 atom stereocenters. The fraction of sp³-hybridized carbons (Fsp3) is 0.300. The van der Waals surface area contributed by atoms with E-state index < -0.39 is 0 Å². The summed E-state index contributed by atoms with van der Waals surface area (Å²) in [4.78, 5) is 23.7. The van der Waals surface area contributed by atoms with Crippen molar-refractivity contribution in [1.82, 2.24) is 10.6 Å². The SMILES string of the molecule is O=C(CCCOc1ccc(F)cc1)NCCCNC(=O)c1ccc(Br)cc1. The maximum Gasteiger partial charge on any atom is 0.251 e. The molecule has 0 saturated heterocycles. The second kappa shape index (κ2) is 11.3. The summed E-state index contributed by atoms with van der Waals surface area (Å²) in [6.45, 7) is 1.38. The summed E-state index contributed by atoms with van der Waals surface area (Å²) in [6.07, 6.45) is 1.58. The van der Waals surface area contributed by atoms with Crippen LogP contribution in [0.1, 0.15) is 29.6 Å². The van der Waals surface area contributed by atoms with Crippen LogP contribution in [0.25, 0.3) is 0 Å². The van der Waals surface area contributed by atoms with Gasteiger partial charge in [0.25, 0.3) is 5.91 Å². The summed E-state index contributed by atoms with van der Waals surface area (Å²) in [6, 6.07) is 12.9. The molecule has 2 N–H and O–H groups in total. The standard InChI is InChI=1S/C20H22BrFN2O3/c21-16-6-4-15(5-7-16)20(26)24-13-2-12-23-19(25)3-1-14-27-18-10-8-17(22)9-11-18/h4-11H,1-3,12-14H2,(H,23,25)(H,24,26). The van der Waals surface area contributed by atoms with Crippen LogP contribution < -0.4 is 15.4 Å². The molecule has 0 aliphatic rings. The smallest absolute Gasteiger partial charge is 0.251 e. The molecule has 0 aliphatic carbocycles. The van der Waals surface area contributed by atoms with Crippen molar-refractivity contribution in [3.05, 3.63) is 64.4 Å². The van der Waals surface area contributed by atoms with Gasteiger partial charge in [-0.25, -0.2) is 4.39 Å². The molecule has 0 spiro atoms. The fourth-order valence-corrected chi connectivity index (χ4v) is 2.53. The molecule has 144 valence electrons. The number of carbonyl (C=O) groups excluding carboxylic acids is 2. The number of ether oxygens (including phenoxy) is 1. The van der Waals surface area contributed by atoms with Crippen LogP contribution in [0.2, 0.25) is 0 Å². The lowest BCUT2D eigenvalue weighted by Crippen LogP contribution is -2.29. The van der Waals surface area contributed by atoms with E-state index >= 15 is 0 Å². The van der Waals surface area contributed by atoms with Crippen molar-refractivity contribution >= 4 is 27.7 Å². The number of nitrogens with one attached hydrogen (secondary N) is 2. The Labute approximate surface area is 166 Å². The monoisotopic (exact) mass is 436 g/mol. The molecule has 2 amide bonds. The summed E-state index contributed by atoms with van der Waals surface area (Å²) >= 11 is 3.32. The molecule has 2 rings (SSSR count). The predicted octanol–water partition coefficient (Wildman–Crippen LogP) is 3.68. The maximum absolute atomic E-state index is 12.8. The third-order valence-corrected chi connectivity index (χ3v) is 4.23. The Balaban J connectivity index is 1.50. The van der Waals surface area contributed by atoms with Crippen LogP contribution in [-0.2, 0) is 4.79 Å². The Morgan fingerprint density at radius 1 is 0.926 bits per heavy atom. The number of carbonyl (C=O) groups is 2. The molecule has 2 aromatic rings. The van der Waals surface area contributed by atoms with Crippen LogP contribution in [0.5, 0.6) is 5.75 Å². The van der Waals surface area contributed by atoms with Crippen molar-refractivity contribution in [2.45, 2.75) is 19.3 Å². The van der Waals surface area contributed by atoms with Crippen molar-refractivity contribution in [2.24, 2.45) is 0 Å². The molecule has 0 saturated carbocycles. The van der Waals surface area contributed by atoms with Gasteiger partial charge in [-0.3, -0.25) is 9.59 Å². The third-order valence-electron chi connectivity index (χ3n) is 3.70. The number of hydrogen-bond acceptors (Lipinski definition) is 3. The van der Waals surface area contributed by atoms with Gasteiger partial charge in [-0.05, 0) is 61.4 Å². The van der Waals surface area contributed by atoms with E-state index in [4.69, 9.17) is 4.74 Å². The van der Waals surface area contributed by atoms with Gasteiger partial charge in [-0.2, -0.15) is 0 Å². The third kappa shape index (κ3) is 8.21. The Kier molecular flexibility index (Phi) is 8.77. The van der Waals surface area contributed by atoms with E-state index in [0.717, 1.165) is 4.47 Å². The van der Waals surface area contributed by atoms with Gasteiger partial charge in [0.2, 0.25) is 5.91 Å². The van der Waals surface area contributed by atoms with Crippen molar-refractivity contribution in [3.8, 4) is 5.75 Å². The Hall–Kier alpha value is -2.41. The normalized spacial score (nSPS) is 10.3. The summed E-state index contributed by atoms with van der Waals surface area (Å²) in [5, 5.41) is 5.62. The van der Waals surface area contributed by atoms with Crippen LogP contribution in [0.15, 0.2) is 53.0 Å². The molecule has 0 aliphatic heterocycles. The minimum absolute atomic E-state index is 0.0584. The molecule has 0 bridgehead atoms. The van der Waals surface area contributed by atoms with Crippen molar-refractivity contribution in [2.75, 3.05) is 19.7 Å². The first-order valence-electron chi connectivity index (χ1n) is 8.73. The molecule has 0 fully saturated rings. The van der Waals surface area contributed by atoms with Crippen molar-refractivity contribution < 1.29 is 18.7 Å². The van der Waals surface area contributed by atoms with Crippen molar-refractivity contribution in [1.29, 1.82) is 0 Å². The summed E-state index contributed by atoms with van der Waals surface area (Å²) in [5.74, 6) is 0.0804. The van der Waals surface area contributed by atoms with E-state index in [-0.39, 0.29) is 17.6 Å². The number of benzene rings is 2. The zero-order valence-electron chi connectivity index (χ0n) is 14.8. The second-order valence-corrected chi connectivity index (χ2v) is 6.79. The van der Waals surface area contributed by atoms with Crippen molar-refractivity contribution in [3.63, 3.8) is 0 Å². The molecule has 0 unspecified atom stereocenters. The Bertz CT molecular complexity index is 736. The van der Waals surface area contributed by atoms with Crippen LogP contribution in [0, 0.1) is 5.82 Å². The Morgan fingerprint density at radius 2 is 1.59 bits per heavy atom. The lowest BCUT2D eigenvalue weighted by atomic mass is 10.2. The molecule has 2 aromatic carbocycles. The first kappa shape index (κ1) is 20.9. The van der Waals surface area contributed by atoms with Crippen LogP contribution in [-0.4, -0.2) is 31.5 Å². The minimum atomic E-state index is -0.310. The molecule has 27 heavy (non-hydrogen) atoms. The zero-order valence-corrected chi connectivity index (χ0v) is 16.4. The average molecular weight is 437 g/mol. The Morgan fingerprint density at radius 3 is 2.30 bits per heavy atom. The van der Waals surface area contributed by atoms with E-state index in [0.29, 0.717) is 50.3 Å². The topological polar surface area (TPSA) is 67.4 Å². The summed E-state index contributed by atoms with van der Waals surface area (Å²) in [5.41, 5.74) is 0.600. The summed E-state index contributed by atoms with van der Waals surface area (Å²) < 4.78 is 19.1. The molecule has 0 aromatic heterocycles. The average Bonchev–Trinajstić information content (AvgIpc) is 2.67. The van der Waals surface area contributed by atoms with Gasteiger partial charge in [-0.15, -0.1) is 0 Å². The van der Waals surface area contributed by atoms with Gasteiger partial charge in [0, 0.05) is 29.5 Å². The highest BCUT2D eigenvalue weighted by Gasteiger charge is 2.05.